The molecular weight excluding hydrogens is 793 g/mol. The van der Waals surface area contributed by atoms with E-state index >= 15 is 0 Å². The predicted molar refractivity (Wildman–Crippen MR) is 270 cm³/mol. The normalized spacial score (nSPS) is 12.1. The standard InChI is InChI=1S/C60H40N4O/c1-2-14-41(15-3-1)42-26-28-43(29-27-42)61(44-30-32-45(33-31-44)62-53-19-7-4-16-49(53)50-17-5-8-20-54(50)62)48-38-39-56-52(40-48)51-18-6-9-21-55(51)63(56)46-34-36-47(37-35-46)64-57-22-10-12-24-59(57)65-60-25-13-11-23-58(60)64/h1-40H. The third-order valence-corrected chi connectivity index (χ3v) is 12.9. The van der Waals surface area contributed by atoms with Crippen LogP contribution >= 0.6 is 0 Å². The number of para-hydroxylation sites is 7. The van der Waals surface area contributed by atoms with Crippen LogP contribution < -0.4 is 14.5 Å². The molecule has 65 heavy (non-hydrogen) atoms. The van der Waals surface area contributed by atoms with Gasteiger partial charge in [0.05, 0.1) is 33.4 Å². The minimum absolute atomic E-state index is 0.841. The Bertz CT molecular complexity index is 3640. The summed E-state index contributed by atoms with van der Waals surface area (Å²) >= 11 is 0. The van der Waals surface area contributed by atoms with Gasteiger partial charge in [-0.05, 0) is 132 Å². The molecule has 3 heterocycles. The van der Waals surface area contributed by atoms with Crippen molar-refractivity contribution in [3.63, 3.8) is 0 Å². The van der Waals surface area contributed by atoms with Gasteiger partial charge in [-0.1, -0.05) is 121 Å². The highest BCUT2D eigenvalue weighted by Crippen LogP contribution is 2.50. The minimum Gasteiger partial charge on any atom is -0.453 e. The second-order valence-corrected chi connectivity index (χ2v) is 16.6. The van der Waals surface area contributed by atoms with Gasteiger partial charge in [0, 0.05) is 55.7 Å². The van der Waals surface area contributed by atoms with Crippen LogP contribution in [0.3, 0.4) is 0 Å². The van der Waals surface area contributed by atoms with Crippen molar-refractivity contribution in [3.8, 4) is 34.0 Å². The topological polar surface area (TPSA) is 25.6 Å². The Morgan fingerprint density at radius 2 is 0.692 bits per heavy atom. The fraction of sp³-hybridized carbons (Fsp3) is 0. The zero-order chi connectivity index (χ0) is 42.8. The molecule has 0 bridgehead atoms. The average Bonchev–Trinajstić information content (AvgIpc) is 3.89. The Kier molecular flexibility index (Phi) is 8.46. The largest absolute Gasteiger partial charge is 0.453 e. The molecule has 2 aromatic heterocycles. The maximum absolute atomic E-state index is 6.31. The fourth-order valence-electron chi connectivity index (χ4n) is 9.94. The predicted octanol–water partition coefficient (Wildman–Crippen LogP) is 16.6. The number of rotatable bonds is 7. The van der Waals surface area contributed by atoms with Crippen molar-refractivity contribution < 1.29 is 4.74 Å². The highest BCUT2D eigenvalue weighted by molar-refractivity contribution is 6.11. The Hall–Kier alpha value is -8.80. The van der Waals surface area contributed by atoms with E-state index in [-0.39, 0.29) is 0 Å². The van der Waals surface area contributed by atoms with Crippen LogP contribution in [0.4, 0.5) is 34.1 Å². The lowest BCUT2D eigenvalue weighted by molar-refractivity contribution is 0.477. The zero-order valence-electron chi connectivity index (χ0n) is 35.3. The summed E-state index contributed by atoms with van der Waals surface area (Å²) in [5, 5.41) is 4.89. The van der Waals surface area contributed by atoms with Crippen molar-refractivity contribution in [2.45, 2.75) is 0 Å². The maximum Gasteiger partial charge on any atom is 0.151 e. The SMILES string of the molecule is c1ccc(-c2ccc(N(c3ccc(-n4c5ccccc5c5ccccc54)cc3)c3ccc4c(c3)c3ccccc3n4-c3ccc(N4c5ccccc5Oc5ccccc54)cc3)cc2)cc1. The number of hydrogen-bond acceptors (Lipinski definition) is 3. The van der Waals surface area contributed by atoms with E-state index in [1.807, 2.05) is 24.3 Å². The molecule has 5 heteroatoms. The molecule has 1 aliphatic heterocycles. The number of benzene rings is 10. The molecule has 10 aromatic carbocycles. The zero-order valence-corrected chi connectivity index (χ0v) is 35.3. The van der Waals surface area contributed by atoms with Crippen LogP contribution in [-0.2, 0) is 0 Å². The molecule has 1 aliphatic rings. The number of ether oxygens (including phenoxy) is 1. The summed E-state index contributed by atoms with van der Waals surface area (Å²) in [7, 11) is 0. The second kappa shape index (κ2) is 14.9. The maximum atomic E-state index is 6.31. The van der Waals surface area contributed by atoms with Crippen molar-refractivity contribution >= 4 is 77.7 Å². The number of hydrogen-bond donors (Lipinski definition) is 0. The average molecular weight is 833 g/mol. The third-order valence-electron chi connectivity index (χ3n) is 12.9. The molecule has 0 saturated heterocycles. The number of aromatic nitrogens is 2. The van der Waals surface area contributed by atoms with Crippen LogP contribution in [-0.4, -0.2) is 9.13 Å². The molecule has 0 spiro atoms. The van der Waals surface area contributed by atoms with Crippen LogP contribution in [0, 0.1) is 0 Å². The number of fused-ring (bicyclic) bond motifs is 8. The monoisotopic (exact) mass is 832 g/mol. The first-order chi connectivity index (χ1) is 32.2. The summed E-state index contributed by atoms with van der Waals surface area (Å²) < 4.78 is 11.1. The van der Waals surface area contributed by atoms with Gasteiger partial charge in [-0.25, -0.2) is 0 Å². The molecular formula is C60H40N4O. The van der Waals surface area contributed by atoms with Gasteiger partial charge in [-0.3, -0.25) is 0 Å². The number of anilines is 6. The summed E-state index contributed by atoms with van der Waals surface area (Å²) in [5.74, 6) is 1.68. The molecule has 13 rings (SSSR count). The highest BCUT2D eigenvalue weighted by Gasteiger charge is 2.26. The Morgan fingerprint density at radius 3 is 1.26 bits per heavy atom. The molecule has 0 atom stereocenters. The Balaban J connectivity index is 0.928. The molecule has 0 saturated carbocycles. The summed E-state index contributed by atoms with van der Waals surface area (Å²) in [6, 6.07) is 86.9. The lowest BCUT2D eigenvalue weighted by Crippen LogP contribution is -2.15. The lowest BCUT2D eigenvalue weighted by Gasteiger charge is -2.32. The van der Waals surface area contributed by atoms with Gasteiger partial charge in [0.2, 0.25) is 0 Å². The van der Waals surface area contributed by atoms with Crippen LogP contribution in [0.5, 0.6) is 11.5 Å². The second-order valence-electron chi connectivity index (χ2n) is 16.6. The van der Waals surface area contributed by atoms with Gasteiger partial charge in [0.1, 0.15) is 0 Å². The van der Waals surface area contributed by atoms with Gasteiger partial charge in [0.25, 0.3) is 0 Å². The van der Waals surface area contributed by atoms with E-state index in [4.69, 9.17) is 4.74 Å². The van der Waals surface area contributed by atoms with Crippen LogP contribution in [0.2, 0.25) is 0 Å². The van der Waals surface area contributed by atoms with Crippen molar-refractivity contribution in [3.05, 3.63) is 243 Å². The van der Waals surface area contributed by atoms with Crippen molar-refractivity contribution in [1.82, 2.24) is 9.13 Å². The van der Waals surface area contributed by atoms with E-state index in [0.29, 0.717) is 0 Å². The van der Waals surface area contributed by atoms with Crippen LogP contribution in [0.15, 0.2) is 243 Å². The Morgan fingerprint density at radius 1 is 0.292 bits per heavy atom. The molecule has 5 nitrogen and oxygen atoms in total. The smallest absolute Gasteiger partial charge is 0.151 e. The van der Waals surface area contributed by atoms with Gasteiger partial charge in [0.15, 0.2) is 11.5 Å². The molecule has 12 aromatic rings. The van der Waals surface area contributed by atoms with Gasteiger partial charge in [-0.2, -0.15) is 0 Å². The first kappa shape index (κ1) is 36.8. The van der Waals surface area contributed by atoms with Crippen molar-refractivity contribution in [2.75, 3.05) is 9.80 Å². The van der Waals surface area contributed by atoms with Crippen LogP contribution in [0.25, 0.3) is 66.1 Å². The lowest BCUT2D eigenvalue weighted by atomic mass is 10.0. The highest BCUT2D eigenvalue weighted by atomic mass is 16.5. The summed E-state index contributed by atoms with van der Waals surface area (Å²) in [6.45, 7) is 0. The van der Waals surface area contributed by atoms with Gasteiger partial charge >= 0.3 is 0 Å². The summed E-state index contributed by atoms with van der Waals surface area (Å²) in [6.07, 6.45) is 0. The van der Waals surface area contributed by atoms with Crippen molar-refractivity contribution in [2.24, 2.45) is 0 Å². The fourth-order valence-corrected chi connectivity index (χ4v) is 9.94. The molecule has 0 N–H and O–H groups in total. The first-order valence-electron chi connectivity index (χ1n) is 22.1. The van der Waals surface area contributed by atoms with Crippen molar-refractivity contribution in [1.29, 1.82) is 0 Å². The van der Waals surface area contributed by atoms with E-state index in [9.17, 15) is 0 Å². The van der Waals surface area contributed by atoms with Crippen LogP contribution in [0.1, 0.15) is 0 Å². The van der Waals surface area contributed by atoms with E-state index in [0.717, 1.165) is 68.0 Å². The molecule has 0 radical (unpaired) electrons. The van der Waals surface area contributed by atoms with E-state index in [2.05, 4.69) is 237 Å². The summed E-state index contributed by atoms with van der Waals surface area (Å²) in [4.78, 5) is 4.66. The molecule has 306 valence electrons. The minimum atomic E-state index is 0.841. The van der Waals surface area contributed by atoms with Gasteiger partial charge in [-0.15, -0.1) is 0 Å². The first-order valence-corrected chi connectivity index (χ1v) is 22.1. The molecule has 0 amide bonds. The molecule has 0 unspecified atom stereocenters. The van der Waals surface area contributed by atoms with Gasteiger partial charge < -0.3 is 23.7 Å². The van der Waals surface area contributed by atoms with E-state index in [1.54, 1.807) is 0 Å². The molecule has 0 fully saturated rings. The van der Waals surface area contributed by atoms with E-state index in [1.165, 1.54) is 43.7 Å². The molecule has 0 aliphatic carbocycles. The summed E-state index contributed by atoms with van der Waals surface area (Å²) in [5.41, 5.74) is 15.6. The van der Waals surface area contributed by atoms with E-state index < -0.39 is 0 Å². The quantitative estimate of drug-likeness (QED) is 0.160. The number of nitrogens with zero attached hydrogens (tertiary/aromatic N) is 4. The Labute approximate surface area is 376 Å². The third kappa shape index (κ3) is 6.01.